The minimum Gasteiger partial charge on any atom is -0.466 e. The summed E-state index contributed by atoms with van der Waals surface area (Å²) in [6.07, 6.45) is 3.70. The van der Waals surface area contributed by atoms with E-state index in [0.717, 1.165) is 41.0 Å². The standard InChI is InChI=1S/C28H29FN4O3/c1-2-36-28(35)21-10-13-32(14-11-21)26-24-17-33(15-12-25(24)30-18-31-26)27(34)20-8-6-19(7-9-20)22-4-3-5-23(29)16-22/h3-9,16,18,21H,2,10-15,17H2,1H3. The predicted octanol–water partition coefficient (Wildman–Crippen LogP) is 4.26. The molecule has 0 saturated carbocycles. The van der Waals surface area contributed by atoms with Gasteiger partial charge in [0, 0.05) is 37.2 Å². The van der Waals surface area contributed by atoms with Crippen molar-refractivity contribution in [2.24, 2.45) is 5.92 Å². The third-order valence-corrected chi connectivity index (χ3v) is 6.97. The summed E-state index contributed by atoms with van der Waals surface area (Å²) in [7, 11) is 0. The molecule has 0 bridgehead atoms. The lowest BCUT2D eigenvalue weighted by Gasteiger charge is -2.35. The van der Waals surface area contributed by atoms with E-state index in [4.69, 9.17) is 4.74 Å². The first-order valence-electron chi connectivity index (χ1n) is 12.4. The van der Waals surface area contributed by atoms with Crippen LogP contribution in [-0.4, -0.2) is 53.0 Å². The van der Waals surface area contributed by atoms with Gasteiger partial charge in [0.2, 0.25) is 0 Å². The number of hydrogen-bond acceptors (Lipinski definition) is 6. The number of halogens is 1. The van der Waals surface area contributed by atoms with E-state index in [0.29, 0.717) is 44.8 Å². The van der Waals surface area contributed by atoms with Gasteiger partial charge in [0.1, 0.15) is 18.0 Å². The van der Waals surface area contributed by atoms with Crippen molar-refractivity contribution in [3.05, 3.63) is 77.5 Å². The molecule has 0 radical (unpaired) electrons. The summed E-state index contributed by atoms with van der Waals surface area (Å²) in [4.78, 5) is 38.5. The zero-order valence-corrected chi connectivity index (χ0v) is 20.3. The smallest absolute Gasteiger partial charge is 0.309 e. The first-order chi connectivity index (χ1) is 17.5. The highest BCUT2D eigenvalue weighted by atomic mass is 19.1. The number of rotatable bonds is 5. The molecule has 0 unspecified atom stereocenters. The Bertz CT molecular complexity index is 1260. The van der Waals surface area contributed by atoms with E-state index in [9.17, 15) is 14.0 Å². The minimum atomic E-state index is -0.289. The number of fused-ring (bicyclic) bond motifs is 1. The largest absolute Gasteiger partial charge is 0.466 e. The molecule has 186 valence electrons. The number of ether oxygens (including phenoxy) is 1. The lowest BCUT2D eigenvalue weighted by Crippen LogP contribution is -2.41. The summed E-state index contributed by atoms with van der Waals surface area (Å²) in [5, 5.41) is 0. The molecular weight excluding hydrogens is 459 g/mol. The van der Waals surface area contributed by atoms with E-state index >= 15 is 0 Å². The van der Waals surface area contributed by atoms with Crippen LogP contribution in [0.5, 0.6) is 0 Å². The topological polar surface area (TPSA) is 75.6 Å². The second kappa shape index (κ2) is 10.4. The van der Waals surface area contributed by atoms with Crippen molar-refractivity contribution in [3.63, 3.8) is 0 Å². The quantitative estimate of drug-likeness (QED) is 0.500. The van der Waals surface area contributed by atoms with Crippen molar-refractivity contribution in [1.29, 1.82) is 0 Å². The molecule has 3 heterocycles. The van der Waals surface area contributed by atoms with E-state index < -0.39 is 0 Å². The summed E-state index contributed by atoms with van der Waals surface area (Å²) >= 11 is 0. The van der Waals surface area contributed by atoms with Crippen LogP contribution in [0.15, 0.2) is 54.9 Å². The van der Waals surface area contributed by atoms with Gasteiger partial charge in [-0.15, -0.1) is 0 Å². The van der Waals surface area contributed by atoms with Crippen LogP contribution in [0.1, 0.15) is 41.4 Å². The predicted molar refractivity (Wildman–Crippen MR) is 134 cm³/mol. The molecule has 2 aliphatic rings. The molecule has 8 heteroatoms. The van der Waals surface area contributed by atoms with Gasteiger partial charge in [-0.1, -0.05) is 24.3 Å². The molecule has 7 nitrogen and oxygen atoms in total. The Kier molecular flexibility index (Phi) is 6.93. The second-order valence-corrected chi connectivity index (χ2v) is 9.20. The van der Waals surface area contributed by atoms with E-state index in [1.165, 1.54) is 12.1 Å². The summed E-state index contributed by atoms with van der Waals surface area (Å²) in [6, 6.07) is 13.7. The Morgan fingerprint density at radius 3 is 2.53 bits per heavy atom. The molecule has 2 aliphatic heterocycles. The summed E-state index contributed by atoms with van der Waals surface area (Å²) in [5.74, 6) is 0.306. The van der Waals surface area contributed by atoms with Crippen LogP contribution < -0.4 is 4.90 Å². The molecule has 1 aromatic heterocycles. The first-order valence-corrected chi connectivity index (χ1v) is 12.4. The summed E-state index contributed by atoms with van der Waals surface area (Å²) < 4.78 is 18.8. The Labute approximate surface area is 209 Å². The fraction of sp³-hybridized carbons (Fsp3) is 0.357. The van der Waals surface area contributed by atoms with Gasteiger partial charge in [0.25, 0.3) is 5.91 Å². The van der Waals surface area contributed by atoms with Gasteiger partial charge in [-0.05, 0) is 55.2 Å². The molecule has 2 aromatic carbocycles. The van der Waals surface area contributed by atoms with Crippen LogP contribution in [0, 0.1) is 11.7 Å². The molecule has 0 atom stereocenters. The van der Waals surface area contributed by atoms with Gasteiger partial charge in [0.15, 0.2) is 0 Å². The monoisotopic (exact) mass is 488 g/mol. The highest BCUT2D eigenvalue weighted by Gasteiger charge is 2.31. The van der Waals surface area contributed by atoms with Crippen molar-refractivity contribution in [2.45, 2.75) is 32.7 Å². The van der Waals surface area contributed by atoms with Crippen LogP contribution in [0.3, 0.4) is 0 Å². The molecule has 0 aliphatic carbocycles. The lowest BCUT2D eigenvalue weighted by atomic mass is 9.96. The van der Waals surface area contributed by atoms with Gasteiger partial charge in [-0.25, -0.2) is 14.4 Å². The highest BCUT2D eigenvalue weighted by molar-refractivity contribution is 5.95. The van der Waals surface area contributed by atoms with E-state index in [2.05, 4.69) is 14.9 Å². The Hall–Kier alpha value is -3.81. The van der Waals surface area contributed by atoms with Crippen LogP contribution >= 0.6 is 0 Å². The molecule has 1 saturated heterocycles. The van der Waals surface area contributed by atoms with Crippen LogP contribution in [-0.2, 0) is 22.5 Å². The van der Waals surface area contributed by atoms with Gasteiger partial charge < -0.3 is 14.5 Å². The van der Waals surface area contributed by atoms with Crippen LogP contribution in [0.2, 0.25) is 0 Å². The third kappa shape index (κ3) is 4.94. The number of aromatic nitrogens is 2. The number of esters is 1. The van der Waals surface area contributed by atoms with Gasteiger partial charge in [-0.3, -0.25) is 9.59 Å². The normalized spacial score (nSPS) is 15.9. The molecule has 0 spiro atoms. The number of nitrogens with zero attached hydrogens (tertiary/aromatic N) is 4. The molecule has 0 N–H and O–H groups in total. The number of benzene rings is 2. The summed E-state index contributed by atoms with van der Waals surface area (Å²) in [5.41, 5.74) is 4.17. The van der Waals surface area contributed by atoms with Crippen molar-refractivity contribution < 1.29 is 18.7 Å². The Balaban J connectivity index is 1.29. The third-order valence-electron chi connectivity index (χ3n) is 6.97. The van der Waals surface area contributed by atoms with Crippen LogP contribution in [0.4, 0.5) is 10.2 Å². The SMILES string of the molecule is CCOC(=O)C1CCN(c2ncnc3c2CN(C(=O)c2ccc(-c4cccc(F)c4)cc2)CC3)CC1. The number of amides is 1. The average molecular weight is 489 g/mol. The van der Waals surface area contributed by atoms with Crippen molar-refractivity contribution in [3.8, 4) is 11.1 Å². The number of piperidine rings is 1. The van der Waals surface area contributed by atoms with E-state index in [1.807, 2.05) is 30.0 Å². The molecular formula is C28H29FN4O3. The van der Waals surface area contributed by atoms with Gasteiger partial charge in [0.05, 0.1) is 24.8 Å². The van der Waals surface area contributed by atoms with Crippen LogP contribution in [0.25, 0.3) is 11.1 Å². The molecule has 5 rings (SSSR count). The van der Waals surface area contributed by atoms with E-state index in [1.54, 1.807) is 24.5 Å². The number of anilines is 1. The van der Waals surface area contributed by atoms with Crippen molar-refractivity contribution in [1.82, 2.24) is 14.9 Å². The zero-order valence-electron chi connectivity index (χ0n) is 20.3. The van der Waals surface area contributed by atoms with Crippen molar-refractivity contribution >= 4 is 17.7 Å². The molecule has 1 fully saturated rings. The number of carbonyl (C=O) groups excluding carboxylic acids is 2. The van der Waals surface area contributed by atoms with Gasteiger partial charge >= 0.3 is 5.97 Å². The van der Waals surface area contributed by atoms with Gasteiger partial charge in [-0.2, -0.15) is 0 Å². The number of hydrogen-bond donors (Lipinski definition) is 0. The maximum Gasteiger partial charge on any atom is 0.309 e. The Morgan fingerprint density at radius 2 is 1.81 bits per heavy atom. The fourth-order valence-corrected chi connectivity index (χ4v) is 5.02. The molecule has 1 amide bonds. The van der Waals surface area contributed by atoms with Crippen molar-refractivity contribution in [2.75, 3.05) is 31.1 Å². The lowest BCUT2D eigenvalue weighted by molar-refractivity contribution is -0.148. The minimum absolute atomic E-state index is 0.0535. The zero-order chi connectivity index (χ0) is 25.1. The Morgan fingerprint density at radius 1 is 1.03 bits per heavy atom. The van der Waals surface area contributed by atoms with E-state index in [-0.39, 0.29) is 23.6 Å². The molecule has 3 aromatic rings. The fourth-order valence-electron chi connectivity index (χ4n) is 5.02. The molecule has 36 heavy (non-hydrogen) atoms. The maximum atomic E-state index is 13.6. The number of carbonyl (C=O) groups is 2. The average Bonchev–Trinajstić information content (AvgIpc) is 2.92. The second-order valence-electron chi connectivity index (χ2n) is 9.20. The highest BCUT2D eigenvalue weighted by Crippen LogP contribution is 2.30. The summed E-state index contributed by atoms with van der Waals surface area (Å²) in [6.45, 7) is 4.67. The first kappa shape index (κ1) is 23.9. The maximum absolute atomic E-state index is 13.6.